The lowest BCUT2D eigenvalue weighted by Gasteiger charge is -2.12. The quantitative estimate of drug-likeness (QED) is 0.540. The first kappa shape index (κ1) is 10.4. The van der Waals surface area contributed by atoms with Crippen molar-refractivity contribution in [3.63, 3.8) is 0 Å². The maximum absolute atomic E-state index is 4.48. The second-order valence-electron chi connectivity index (χ2n) is 3.73. The van der Waals surface area contributed by atoms with Gasteiger partial charge in [-0.15, -0.1) is 0 Å². The molecule has 0 saturated carbocycles. The molecule has 0 fully saturated rings. The van der Waals surface area contributed by atoms with Crippen LogP contribution in [0, 0.1) is 0 Å². The maximum atomic E-state index is 4.48. The normalized spacial score (nSPS) is 14.5. The molecule has 0 atom stereocenters. The van der Waals surface area contributed by atoms with Gasteiger partial charge in [0.15, 0.2) is 0 Å². The summed E-state index contributed by atoms with van der Waals surface area (Å²) >= 11 is 0. The van der Waals surface area contributed by atoms with Crippen molar-refractivity contribution in [3.8, 4) is 0 Å². The van der Waals surface area contributed by atoms with Gasteiger partial charge in [-0.3, -0.25) is 4.99 Å². The van der Waals surface area contributed by atoms with Gasteiger partial charge in [-0.2, -0.15) is 0 Å². The van der Waals surface area contributed by atoms with Gasteiger partial charge < -0.3 is 0 Å². The standard InChI is InChI=1S/C10H19N/c1-6-7-8-9(2)11-10(3,4)5/h7-8H,6H2,1-5H3/b8-7+,11-9?. The molecule has 1 nitrogen and oxygen atoms in total. The highest BCUT2D eigenvalue weighted by Gasteiger charge is 2.05. The fourth-order valence-electron chi connectivity index (χ4n) is 0.855. The topological polar surface area (TPSA) is 12.4 Å². The van der Waals surface area contributed by atoms with Crippen molar-refractivity contribution in [2.24, 2.45) is 4.99 Å². The summed E-state index contributed by atoms with van der Waals surface area (Å²) in [4.78, 5) is 4.48. The van der Waals surface area contributed by atoms with E-state index >= 15 is 0 Å². The average Bonchev–Trinajstić information content (AvgIpc) is 1.79. The van der Waals surface area contributed by atoms with Crippen molar-refractivity contribution in [1.29, 1.82) is 0 Å². The summed E-state index contributed by atoms with van der Waals surface area (Å²) < 4.78 is 0. The molecule has 0 unspecified atom stereocenters. The van der Waals surface area contributed by atoms with E-state index in [1.807, 2.05) is 6.92 Å². The average molecular weight is 153 g/mol. The highest BCUT2D eigenvalue weighted by atomic mass is 14.8. The van der Waals surface area contributed by atoms with Crippen molar-refractivity contribution < 1.29 is 0 Å². The fourth-order valence-corrected chi connectivity index (χ4v) is 0.855. The van der Waals surface area contributed by atoms with Crippen molar-refractivity contribution in [2.45, 2.75) is 46.6 Å². The summed E-state index contributed by atoms with van der Waals surface area (Å²) in [7, 11) is 0. The van der Waals surface area contributed by atoms with E-state index in [1.165, 1.54) is 0 Å². The van der Waals surface area contributed by atoms with Crippen LogP contribution in [0.5, 0.6) is 0 Å². The van der Waals surface area contributed by atoms with Crippen molar-refractivity contribution >= 4 is 5.71 Å². The van der Waals surface area contributed by atoms with Gasteiger partial charge in [0.25, 0.3) is 0 Å². The molecule has 0 aromatic heterocycles. The first-order valence-electron chi connectivity index (χ1n) is 4.18. The molecule has 0 amide bonds. The van der Waals surface area contributed by atoms with Crippen LogP contribution in [0.3, 0.4) is 0 Å². The third-order valence-corrected chi connectivity index (χ3v) is 1.11. The van der Waals surface area contributed by atoms with E-state index in [0.717, 1.165) is 12.1 Å². The minimum atomic E-state index is 0.0577. The number of allylic oxidation sites excluding steroid dienone is 2. The summed E-state index contributed by atoms with van der Waals surface area (Å²) in [5, 5.41) is 0. The maximum Gasteiger partial charge on any atom is 0.0527 e. The highest BCUT2D eigenvalue weighted by molar-refractivity contribution is 5.92. The molecule has 0 aromatic carbocycles. The molecule has 1 heteroatoms. The van der Waals surface area contributed by atoms with Gasteiger partial charge in [-0.1, -0.05) is 13.0 Å². The van der Waals surface area contributed by atoms with E-state index in [9.17, 15) is 0 Å². The number of hydrogen-bond donors (Lipinski definition) is 0. The Labute approximate surface area is 70.2 Å². The van der Waals surface area contributed by atoms with Crippen LogP contribution in [0.4, 0.5) is 0 Å². The van der Waals surface area contributed by atoms with Crippen LogP contribution in [-0.4, -0.2) is 11.3 Å². The van der Waals surface area contributed by atoms with Crippen LogP contribution in [0.15, 0.2) is 17.1 Å². The first-order chi connectivity index (χ1) is 4.95. The zero-order chi connectivity index (χ0) is 8.91. The minimum absolute atomic E-state index is 0.0577. The first-order valence-corrected chi connectivity index (χ1v) is 4.18. The summed E-state index contributed by atoms with van der Waals surface area (Å²) in [6.45, 7) is 10.5. The lowest BCUT2D eigenvalue weighted by molar-refractivity contribution is 0.584. The summed E-state index contributed by atoms with van der Waals surface area (Å²) in [5.41, 5.74) is 1.17. The van der Waals surface area contributed by atoms with Gasteiger partial charge in [0, 0.05) is 5.71 Å². The number of hydrogen-bond acceptors (Lipinski definition) is 1. The Morgan fingerprint density at radius 1 is 1.36 bits per heavy atom. The van der Waals surface area contributed by atoms with Crippen LogP contribution in [0.2, 0.25) is 0 Å². The fraction of sp³-hybridized carbons (Fsp3) is 0.700. The molecule has 0 rings (SSSR count). The van der Waals surface area contributed by atoms with Gasteiger partial charge in [-0.25, -0.2) is 0 Å². The second-order valence-corrected chi connectivity index (χ2v) is 3.73. The molecule has 0 saturated heterocycles. The molecule has 0 aliphatic heterocycles. The van der Waals surface area contributed by atoms with E-state index in [2.05, 4.69) is 44.8 Å². The molecule has 0 N–H and O–H groups in total. The molecule has 0 aliphatic rings. The molecule has 0 radical (unpaired) electrons. The third kappa shape index (κ3) is 7.31. The molecule has 0 bridgehead atoms. The van der Waals surface area contributed by atoms with E-state index in [0.29, 0.717) is 0 Å². The summed E-state index contributed by atoms with van der Waals surface area (Å²) in [5.74, 6) is 0. The third-order valence-electron chi connectivity index (χ3n) is 1.11. The summed E-state index contributed by atoms with van der Waals surface area (Å²) in [6.07, 6.45) is 5.28. The predicted molar refractivity (Wildman–Crippen MR) is 52.3 cm³/mol. The molecule has 0 aromatic rings. The largest absolute Gasteiger partial charge is 0.284 e. The molecule has 0 aliphatic carbocycles. The monoisotopic (exact) mass is 153 g/mol. The molecule has 64 valence electrons. The van der Waals surface area contributed by atoms with Crippen molar-refractivity contribution in [1.82, 2.24) is 0 Å². The van der Waals surface area contributed by atoms with E-state index in [1.54, 1.807) is 0 Å². The van der Waals surface area contributed by atoms with Gasteiger partial charge in [0.2, 0.25) is 0 Å². The van der Waals surface area contributed by atoms with Crippen molar-refractivity contribution in [3.05, 3.63) is 12.2 Å². The second kappa shape index (κ2) is 4.32. The Kier molecular flexibility index (Phi) is 4.09. The van der Waals surface area contributed by atoms with Crippen LogP contribution < -0.4 is 0 Å². The molecular formula is C10H19N. The number of aliphatic imine (C=N–C) groups is 1. The van der Waals surface area contributed by atoms with Crippen molar-refractivity contribution in [2.75, 3.05) is 0 Å². The Balaban J connectivity index is 4.12. The Hall–Kier alpha value is -0.590. The van der Waals surface area contributed by atoms with E-state index in [-0.39, 0.29) is 5.54 Å². The number of rotatable bonds is 2. The van der Waals surface area contributed by atoms with Gasteiger partial charge in [0.1, 0.15) is 0 Å². The van der Waals surface area contributed by atoms with Gasteiger partial charge >= 0.3 is 0 Å². The van der Waals surface area contributed by atoms with Gasteiger partial charge in [0.05, 0.1) is 5.54 Å². The molecule has 11 heavy (non-hydrogen) atoms. The van der Waals surface area contributed by atoms with Gasteiger partial charge in [-0.05, 0) is 40.2 Å². The smallest absolute Gasteiger partial charge is 0.0527 e. The van der Waals surface area contributed by atoms with E-state index < -0.39 is 0 Å². The van der Waals surface area contributed by atoms with Crippen LogP contribution in [0.1, 0.15) is 41.0 Å². The summed E-state index contributed by atoms with van der Waals surface area (Å²) in [6, 6.07) is 0. The Morgan fingerprint density at radius 2 is 1.91 bits per heavy atom. The van der Waals surface area contributed by atoms with E-state index in [4.69, 9.17) is 0 Å². The SMILES string of the molecule is CC/C=C/C(C)=NC(C)(C)C. The Bertz CT molecular complexity index is 158. The zero-order valence-corrected chi connectivity index (χ0v) is 8.31. The molecule has 0 heterocycles. The number of nitrogens with zero attached hydrogens (tertiary/aromatic N) is 1. The predicted octanol–water partition coefficient (Wildman–Crippen LogP) is 3.21. The molecular weight excluding hydrogens is 134 g/mol. The Morgan fingerprint density at radius 3 is 2.27 bits per heavy atom. The lowest BCUT2D eigenvalue weighted by Crippen LogP contribution is -2.11. The lowest BCUT2D eigenvalue weighted by atomic mass is 10.1. The zero-order valence-electron chi connectivity index (χ0n) is 8.31. The minimum Gasteiger partial charge on any atom is -0.284 e. The van der Waals surface area contributed by atoms with Crippen LogP contribution in [-0.2, 0) is 0 Å². The van der Waals surface area contributed by atoms with Crippen LogP contribution >= 0.6 is 0 Å². The highest BCUT2D eigenvalue weighted by Crippen LogP contribution is 2.06. The van der Waals surface area contributed by atoms with Crippen LogP contribution in [0.25, 0.3) is 0 Å². The molecule has 0 spiro atoms.